The first-order valence-electron chi connectivity index (χ1n) is 13.0. The average molecular weight is 584 g/mol. The third-order valence-electron chi connectivity index (χ3n) is 6.69. The molecule has 5 rings (SSSR count). The Kier molecular flexibility index (Phi) is 7.85. The highest BCUT2D eigenvalue weighted by molar-refractivity contribution is 6.35. The number of rotatable bonds is 6. The lowest BCUT2D eigenvalue weighted by atomic mass is 10.2. The van der Waals surface area contributed by atoms with E-state index in [-0.39, 0.29) is 6.54 Å². The Labute approximate surface area is 243 Å². The van der Waals surface area contributed by atoms with Gasteiger partial charge in [0.15, 0.2) is 5.65 Å². The standard InChI is InChI=1S/C28H32Cl2N8O2/c1-28(2,3)40-27(39)37(16-18-6-7-20(29)12-22(18)30)25-13-23(34-24-8-10-33-38(24)25)19-14-31-26(32-15-19)36-11-9-21(17-36)35(4)5/h6-8,10,12-15,21H,9,11,16-17H2,1-5H3. The van der Waals surface area contributed by atoms with Crippen LogP contribution in [0.5, 0.6) is 0 Å². The maximum absolute atomic E-state index is 13.6. The molecular weight excluding hydrogens is 551 g/mol. The molecule has 0 saturated carbocycles. The molecule has 1 saturated heterocycles. The molecule has 1 aromatic carbocycles. The molecule has 3 aromatic heterocycles. The highest BCUT2D eigenvalue weighted by atomic mass is 35.5. The Balaban J connectivity index is 1.52. The Hall–Kier alpha value is -3.47. The minimum atomic E-state index is -0.719. The number of fused-ring (bicyclic) bond motifs is 1. The van der Waals surface area contributed by atoms with Crippen molar-refractivity contribution in [3.05, 3.63) is 64.5 Å². The number of amides is 1. The van der Waals surface area contributed by atoms with Crippen LogP contribution in [0.25, 0.3) is 16.9 Å². The molecular formula is C28H32Cl2N8O2. The Bertz CT molecular complexity index is 1520. The summed E-state index contributed by atoms with van der Waals surface area (Å²) >= 11 is 12.6. The van der Waals surface area contributed by atoms with Crippen LogP contribution in [0.15, 0.2) is 48.9 Å². The van der Waals surface area contributed by atoms with Gasteiger partial charge in [-0.3, -0.25) is 4.90 Å². The van der Waals surface area contributed by atoms with Gasteiger partial charge in [-0.15, -0.1) is 0 Å². The third-order valence-corrected chi connectivity index (χ3v) is 7.27. The van der Waals surface area contributed by atoms with Crippen LogP contribution in [0.2, 0.25) is 10.0 Å². The van der Waals surface area contributed by atoms with E-state index in [9.17, 15) is 4.79 Å². The summed E-state index contributed by atoms with van der Waals surface area (Å²) in [6, 6.07) is 9.20. The van der Waals surface area contributed by atoms with E-state index in [4.69, 9.17) is 32.9 Å². The quantitative estimate of drug-likeness (QED) is 0.291. The van der Waals surface area contributed by atoms with Gasteiger partial charge in [-0.25, -0.2) is 19.7 Å². The van der Waals surface area contributed by atoms with E-state index in [1.165, 1.54) is 4.90 Å². The molecule has 1 aliphatic rings. The van der Waals surface area contributed by atoms with Gasteiger partial charge in [0.05, 0.1) is 18.4 Å². The van der Waals surface area contributed by atoms with E-state index >= 15 is 0 Å². The fraction of sp³-hybridized carbons (Fsp3) is 0.393. The van der Waals surface area contributed by atoms with Crippen molar-refractivity contribution < 1.29 is 9.53 Å². The molecule has 210 valence electrons. The van der Waals surface area contributed by atoms with E-state index in [2.05, 4.69) is 39.0 Å². The smallest absolute Gasteiger partial charge is 0.416 e. The van der Waals surface area contributed by atoms with Gasteiger partial charge >= 0.3 is 6.09 Å². The summed E-state index contributed by atoms with van der Waals surface area (Å²) in [5.41, 5.74) is 1.84. The van der Waals surface area contributed by atoms with E-state index in [1.807, 2.05) is 20.8 Å². The molecule has 1 unspecified atom stereocenters. The van der Waals surface area contributed by atoms with Gasteiger partial charge in [-0.2, -0.15) is 9.61 Å². The lowest BCUT2D eigenvalue weighted by Crippen LogP contribution is -2.37. The van der Waals surface area contributed by atoms with Crippen LogP contribution >= 0.6 is 23.2 Å². The van der Waals surface area contributed by atoms with Crippen LogP contribution in [-0.2, 0) is 11.3 Å². The number of benzene rings is 1. The molecule has 1 aliphatic heterocycles. The first-order valence-corrected chi connectivity index (χ1v) is 13.8. The van der Waals surface area contributed by atoms with Crippen molar-refractivity contribution in [1.82, 2.24) is 29.5 Å². The third kappa shape index (κ3) is 6.14. The molecule has 1 fully saturated rings. The van der Waals surface area contributed by atoms with Crippen molar-refractivity contribution in [2.75, 3.05) is 37.0 Å². The predicted octanol–water partition coefficient (Wildman–Crippen LogP) is 5.58. The van der Waals surface area contributed by atoms with Crippen molar-refractivity contribution in [2.45, 2.75) is 45.4 Å². The van der Waals surface area contributed by atoms with E-state index in [0.717, 1.165) is 19.5 Å². The van der Waals surface area contributed by atoms with Gasteiger partial charge in [0, 0.05) is 59.3 Å². The number of likely N-dealkylation sites (N-methyl/N-ethyl adjacent to an activating group) is 1. The fourth-order valence-electron chi connectivity index (χ4n) is 4.57. The Morgan fingerprint density at radius 3 is 2.52 bits per heavy atom. The number of nitrogens with zero attached hydrogens (tertiary/aromatic N) is 8. The minimum absolute atomic E-state index is 0.126. The van der Waals surface area contributed by atoms with Crippen molar-refractivity contribution in [3.63, 3.8) is 0 Å². The molecule has 0 aliphatic carbocycles. The van der Waals surface area contributed by atoms with E-state index in [0.29, 0.717) is 50.3 Å². The number of aromatic nitrogens is 5. The molecule has 1 amide bonds. The highest BCUT2D eigenvalue weighted by Gasteiger charge is 2.28. The molecule has 0 N–H and O–H groups in total. The summed E-state index contributed by atoms with van der Waals surface area (Å²) in [4.78, 5) is 33.5. The van der Waals surface area contributed by atoms with Gasteiger partial charge < -0.3 is 14.5 Å². The monoisotopic (exact) mass is 582 g/mol. The maximum atomic E-state index is 13.6. The minimum Gasteiger partial charge on any atom is -0.443 e. The molecule has 10 nitrogen and oxygen atoms in total. The number of carbonyl (C=O) groups excluding carboxylic acids is 1. The highest BCUT2D eigenvalue weighted by Crippen LogP contribution is 2.30. The van der Waals surface area contributed by atoms with Crippen LogP contribution in [0.3, 0.4) is 0 Å². The number of ether oxygens (including phenoxy) is 1. The summed E-state index contributed by atoms with van der Waals surface area (Å²) in [6.45, 7) is 7.37. The second-order valence-corrected chi connectivity index (χ2v) is 11.9. The largest absolute Gasteiger partial charge is 0.443 e. The lowest BCUT2D eigenvalue weighted by Gasteiger charge is -2.28. The lowest BCUT2D eigenvalue weighted by molar-refractivity contribution is 0.0575. The first-order chi connectivity index (χ1) is 19.0. The average Bonchev–Trinajstić information content (AvgIpc) is 3.57. The zero-order valence-electron chi connectivity index (χ0n) is 23.2. The van der Waals surface area contributed by atoms with Crippen molar-refractivity contribution in [1.29, 1.82) is 0 Å². The van der Waals surface area contributed by atoms with Crippen LogP contribution in [0, 0.1) is 0 Å². The van der Waals surface area contributed by atoms with Crippen molar-refractivity contribution >= 4 is 46.7 Å². The summed E-state index contributed by atoms with van der Waals surface area (Å²) in [6.07, 6.45) is 5.67. The van der Waals surface area contributed by atoms with E-state index < -0.39 is 11.7 Å². The molecule has 1 atom stereocenters. The maximum Gasteiger partial charge on any atom is 0.416 e. The fourth-order valence-corrected chi connectivity index (χ4v) is 5.04. The summed E-state index contributed by atoms with van der Waals surface area (Å²) in [5.74, 6) is 1.15. The van der Waals surface area contributed by atoms with Crippen LogP contribution in [0.4, 0.5) is 16.6 Å². The van der Waals surface area contributed by atoms with Crippen LogP contribution in [-0.4, -0.2) is 74.4 Å². The number of hydrogen-bond donors (Lipinski definition) is 0. The summed E-state index contributed by atoms with van der Waals surface area (Å²) in [5, 5.41) is 5.37. The van der Waals surface area contributed by atoms with Gasteiger partial charge in [0.2, 0.25) is 5.95 Å². The summed E-state index contributed by atoms with van der Waals surface area (Å²) < 4.78 is 7.38. The normalized spacial score (nSPS) is 15.7. The molecule has 40 heavy (non-hydrogen) atoms. The zero-order chi connectivity index (χ0) is 28.6. The number of hydrogen-bond acceptors (Lipinski definition) is 8. The number of carbonyl (C=O) groups is 1. The van der Waals surface area contributed by atoms with Gasteiger partial charge in [0.1, 0.15) is 11.4 Å². The number of halogens is 2. The SMILES string of the molecule is CN(C)C1CCN(c2ncc(-c3cc(N(Cc4ccc(Cl)cc4Cl)C(=O)OC(C)(C)C)n4nccc4n3)cn2)C1. The van der Waals surface area contributed by atoms with Crippen molar-refractivity contribution in [3.8, 4) is 11.3 Å². The topological polar surface area (TPSA) is 92.0 Å². The van der Waals surface area contributed by atoms with Crippen LogP contribution < -0.4 is 9.80 Å². The summed E-state index contributed by atoms with van der Waals surface area (Å²) in [7, 11) is 4.19. The van der Waals surface area contributed by atoms with E-state index in [1.54, 1.807) is 53.4 Å². The van der Waals surface area contributed by atoms with Gasteiger partial charge in [-0.1, -0.05) is 29.3 Å². The molecule has 4 heterocycles. The van der Waals surface area contributed by atoms with Gasteiger partial charge in [-0.05, 0) is 59.0 Å². The van der Waals surface area contributed by atoms with Gasteiger partial charge in [0.25, 0.3) is 0 Å². The first kappa shape index (κ1) is 28.1. The molecule has 0 spiro atoms. The second kappa shape index (κ2) is 11.2. The Morgan fingerprint density at radius 1 is 1.12 bits per heavy atom. The van der Waals surface area contributed by atoms with Crippen LogP contribution in [0.1, 0.15) is 32.8 Å². The molecule has 0 radical (unpaired) electrons. The predicted molar refractivity (Wildman–Crippen MR) is 157 cm³/mol. The molecule has 0 bridgehead atoms. The zero-order valence-corrected chi connectivity index (χ0v) is 24.7. The Morgan fingerprint density at radius 2 is 1.88 bits per heavy atom. The van der Waals surface area contributed by atoms with Crippen molar-refractivity contribution in [2.24, 2.45) is 0 Å². The molecule has 12 heteroatoms. The second-order valence-electron chi connectivity index (χ2n) is 11.0. The number of anilines is 2. The molecule has 4 aromatic rings.